The summed E-state index contributed by atoms with van der Waals surface area (Å²) in [7, 11) is 1.27. The number of halogens is 3. The molecule has 0 saturated heterocycles. The number of nitrogens with two attached hydrogens (primary N) is 1. The standard InChI is InChI=1S/C7H6BF3.C4H11NO3/c1-3-4(9)2-5(10)6(8)7(3)11;5-4(1-6,2-7)3-8/h2H,8H2,1H3;6-8H,1-3,5H2. The Labute approximate surface area is 110 Å². The zero-order chi connectivity index (χ0) is 15.2. The number of benzene rings is 1. The summed E-state index contributed by atoms with van der Waals surface area (Å²) >= 11 is 0. The molecule has 1 aromatic carbocycles. The van der Waals surface area contributed by atoms with Crippen molar-refractivity contribution in [1.29, 1.82) is 0 Å². The Morgan fingerprint density at radius 3 is 1.84 bits per heavy atom. The summed E-state index contributed by atoms with van der Waals surface area (Å²) in [6.45, 7) is 0.0666. The Hall–Kier alpha value is -1.09. The Morgan fingerprint density at radius 2 is 1.53 bits per heavy atom. The lowest BCUT2D eigenvalue weighted by Gasteiger charge is -2.20. The first-order valence-corrected chi connectivity index (χ1v) is 5.44. The molecule has 0 heterocycles. The third kappa shape index (κ3) is 4.83. The lowest BCUT2D eigenvalue weighted by Crippen LogP contribution is -2.50. The fourth-order valence-electron chi connectivity index (χ4n) is 0.969. The molecule has 8 heteroatoms. The van der Waals surface area contributed by atoms with Crippen LogP contribution in [-0.2, 0) is 0 Å². The summed E-state index contributed by atoms with van der Waals surface area (Å²) in [4.78, 5) is 0. The van der Waals surface area contributed by atoms with Gasteiger partial charge in [-0.1, -0.05) is 0 Å². The molecular formula is C11H17BF3NO3. The van der Waals surface area contributed by atoms with Crippen LogP contribution < -0.4 is 11.2 Å². The highest BCUT2D eigenvalue weighted by Gasteiger charge is 2.20. The summed E-state index contributed by atoms with van der Waals surface area (Å²) in [5.41, 5.74) is 3.67. The lowest BCUT2D eigenvalue weighted by atomic mass is 9.93. The Bertz CT molecular complexity index is 394. The van der Waals surface area contributed by atoms with Crippen molar-refractivity contribution in [3.8, 4) is 0 Å². The van der Waals surface area contributed by atoms with Crippen LogP contribution in [0, 0.1) is 24.4 Å². The fourth-order valence-corrected chi connectivity index (χ4v) is 0.969. The van der Waals surface area contributed by atoms with E-state index in [0.717, 1.165) is 0 Å². The zero-order valence-corrected chi connectivity index (χ0v) is 10.8. The predicted molar refractivity (Wildman–Crippen MR) is 67.4 cm³/mol. The van der Waals surface area contributed by atoms with E-state index in [1.165, 1.54) is 14.8 Å². The highest BCUT2D eigenvalue weighted by atomic mass is 19.1. The normalized spacial score (nSPS) is 10.9. The first kappa shape index (κ1) is 17.9. The summed E-state index contributed by atoms with van der Waals surface area (Å²) in [5, 5.41) is 25.0. The van der Waals surface area contributed by atoms with Crippen molar-refractivity contribution in [1.82, 2.24) is 0 Å². The number of hydrogen-bond acceptors (Lipinski definition) is 4. The van der Waals surface area contributed by atoms with Gasteiger partial charge in [0.15, 0.2) is 0 Å². The van der Waals surface area contributed by atoms with E-state index in [1.807, 2.05) is 0 Å². The van der Waals surface area contributed by atoms with Gasteiger partial charge >= 0.3 is 0 Å². The molecule has 0 aliphatic rings. The molecule has 0 aliphatic carbocycles. The van der Waals surface area contributed by atoms with E-state index in [4.69, 9.17) is 21.1 Å². The number of hydrogen-bond donors (Lipinski definition) is 4. The zero-order valence-electron chi connectivity index (χ0n) is 10.8. The number of rotatable bonds is 3. The molecular weight excluding hydrogens is 262 g/mol. The molecule has 0 radical (unpaired) electrons. The third-order valence-corrected chi connectivity index (χ3v) is 2.57. The molecule has 0 unspecified atom stereocenters. The SMILES string of the molecule is Bc1c(F)cc(F)c(C)c1F.NC(CO)(CO)CO. The van der Waals surface area contributed by atoms with Crippen LogP contribution in [0.1, 0.15) is 5.56 Å². The smallest absolute Gasteiger partial charge is 0.147 e. The summed E-state index contributed by atoms with van der Waals surface area (Å²) in [6.07, 6.45) is 0. The summed E-state index contributed by atoms with van der Waals surface area (Å²) in [5.74, 6) is -2.49. The van der Waals surface area contributed by atoms with Gasteiger partial charge < -0.3 is 21.1 Å². The molecule has 0 atom stereocenters. The van der Waals surface area contributed by atoms with Crippen molar-refractivity contribution in [3.63, 3.8) is 0 Å². The van der Waals surface area contributed by atoms with Crippen LogP contribution in [0.3, 0.4) is 0 Å². The minimum Gasteiger partial charge on any atom is -0.394 e. The topological polar surface area (TPSA) is 86.7 Å². The van der Waals surface area contributed by atoms with E-state index in [-0.39, 0.29) is 11.0 Å². The van der Waals surface area contributed by atoms with Crippen LogP contribution in [0.25, 0.3) is 0 Å². The summed E-state index contributed by atoms with van der Waals surface area (Å²) < 4.78 is 37.9. The number of aliphatic hydroxyl groups excluding tert-OH is 3. The monoisotopic (exact) mass is 279 g/mol. The largest absolute Gasteiger partial charge is 0.394 e. The van der Waals surface area contributed by atoms with Gasteiger partial charge in [0.1, 0.15) is 25.3 Å². The highest BCUT2D eigenvalue weighted by molar-refractivity contribution is 6.32. The van der Waals surface area contributed by atoms with Crippen LogP contribution in [0.2, 0.25) is 0 Å². The van der Waals surface area contributed by atoms with Gasteiger partial charge in [0, 0.05) is 11.6 Å². The van der Waals surface area contributed by atoms with Gasteiger partial charge in [-0.05, 0) is 12.4 Å². The van der Waals surface area contributed by atoms with E-state index >= 15 is 0 Å². The molecule has 0 amide bonds. The van der Waals surface area contributed by atoms with Crippen molar-refractivity contribution in [2.24, 2.45) is 5.73 Å². The first-order valence-electron chi connectivity index (χ1n) is 5.44. The maximum atomic E-state index is 12.8. The van der Waals surface area contributed by atoms with Gasteiger partial charge in [-0.3, -0.25) is 0 Å². The lowest BCUT2D eigenvalue weighted by molar-refractivity contribution is 0.0698. The van der Waals surface area contributed by atoms with Crippen LogP contribution in [-0.4, -0.2) is 48.5 Å². The van der Waals surface area contributed by atoms with E-state index in [9.17, 15) is 13.2 Å². The molecule has 19 heavy (non-hydrogen) atoms. The van der Waals surface area contributed by atoms with Gasteiger partial charge in [-0.15, -0.1) is 0 Å². The second-order valence-corrected chi connectivity index (χ2v) is 4.24. The van der Waals surface area contributed by atoms with E-state index in [0.29, 0.717) is 6.07 Å². The number of aliphatic hydroxyl groups is 3. The minimum absolute atomic E-state index is 0.135. The van der Waals surface area contributed by atoms with Crippen LogP contribution in [0.5, 0.6) is 0 Å². The van der Waals surface area contributed by atoms with Crippen LogP contribution in [0.15, 0.2) is 6.07 Å². The molecule has 4 nitrogen and oxygen atoms in total. The van der Waals surface area contributed by atoms with E-state index in [2.05, 4.69) is 0 Å². The van der Waals surface area contributed by atoms with Gasteiger partial charge in [0.05, 0.1) is 25.4 Å². The molecule has 1 rings (SSSR count). The molecule has 1 aromatic rings. The molecule has 0 saturated carbocycles. The maximum Gasteiger partial charge on any atom is 0.147 e. The van der Waals surface area contributed by atoms with Crippen molar-refractivity contribution in [2.45, 2.75) is 12.5 Å². The van der Waals surface area contributed by atoms with Gasteiger partial charge in [-0.2, -0.15) is 0 Å². The Balaban J connectivity index is 0.000000362. The summed E-state index contributed by atoms with van der Waals surface area (Å²) in [6, 6.07) is 0.688. The first-order chi connectivity index (χ1) is 8.72. The quantitative estimate of drug-likeness (QED) is 0.498. The van der Waals surface area contributed by atoms with Crippen molar-refractivity contribution in [3.05, 3.63) is 29.1 Å². The highest BCUT2D eigenvalue weighted by Crippen LogP contribution is 2.09. The van der Waals surface area contributed by atoms with Gasteiger partial charge in [-0.25, -0.2) is 13.2 Å². The van der Waals surface area contributed by atoms with Gasteiger partial charge in [0.25, 0.3) is 0 Å². The molecule has 0 fully saturated rings. The predicted octanol–water partition coefficient (Wildman–Crippen LogP) is -1.67. The molecule has 0 aromatic heterocycles. The third-order valence-electron chi connectivity index (χ3n) is 2.57. The molecule has 0 spiro atoms. The van der Waals surface area contributed by atoms with Crippen LogP contribution >= 0.6 is 0 Å². The molecule has 0 bridgehead atoms. The van der Waals surface area contributed by atoms with E-state index < -0.39 is 42.8 Å². The second kappa shape index (κ2) is 7.49. The fraction of sp³-hybridized carbons (Fsp3) is 0.455. The molecule has 5 N–H and O–H groups in total. The minimum atomic E-state index is -1.21. The molecule has 0 aliphatic heterocycles. The van der Waals surface area contributed by atoms with E-state index in [1.54, 1.807) is 0 Å². The van der Waals surface area contributed by atoms with Crippen molar-refractivity contribution < 1.29 is 28.5 Å². The Morgan fingerprint density at radius 1 is 1.11 bits per heavy atom. The Kier molecular flexibility index (Phi) is 7.06. The van der Waals surface area contributed by atoms with Gasteiger partial charge in [0.2, 0.25) is 0 Å². The average Bonchev–Trinajstić information content (AvgIpc) is 2.43. The second-order valence-electron chi connectivity index (χ2n) is 4.24. The average molecular weight is 279 g/mol. The van der Waals surface area contributed by atoms with Crippen LogP contribution in [0.4, 0.5) is 13.2 Å². The van der Waals surface area contributed by atoms with Crippen molar-refractivity contribution in [2.75, 3.05) is 19.8 Å². The maximum absolute atomic E-state index is 12.8. The molecule has 108 valence electrons. The van der Waals surface area contributed by atoms with Crippen molar-refractivity contribution >= 4 is 13.3 Å².